The molecule has 0 fully saturated rings. The van der Waals surface area contributed by atoms with Crippen LogP contribution in [0.25, 0.3) is 11.1 Å². The molecule has 1 aliphatic rings. The normalized spacial score (nSPS) is 15.2. The van der Waals surface area contributed by atoms with Crippen molar-refractivity contribution >= 4 is 17.9 Å². The molecular weight excluding hydrogens is 478 g/mol. The van der Waals surface area contributed by atoms with Gasteiger partial charge in [-0.15, -0.1) is 18.7 Å². The first-order valence-electron chi connectivity index (χ1n) is 9.91. The smallest absolute Gasteiger partial charge is 0.406 e. The summed E-state index contributed by atoms with van der Waals surface area (Å²) in [6, 6.07) is 12.7. The molecule has 1 atom stereocenters. The predicted molar refractivity (Wildman–Crippen MR) is 117 cm³/mol. The third-order valence-electron chi connectivity index (χ3n) is 5.05. The van der Waals surface area contributed by atoms with Crippen LogP contribution < -0.4 is 15.8 Å². The van der Waals surface area contributed by atoms with Crippen molar-refractivity contribution in [2.45, 2.75) is 18.4 Å². The van der Waals surface area contributed by atoms with Crippen LogP contribution in [-0.4, -0.2) is 34.3 Å². The molecule has 0 amide bonds. The number of nitrogens with one attached hydrogen (secondary N) is 2. The second-order valence-electron chi connectivity index (χ2n) is 7.54. The molecule has 0 radical (unpaired) electrons. The molecule has 1 aromatic heterocycles. The summed E-state index contributed by atoms with van der Waals surface area (Å²) in [7, 11) is 0. The minimum Gasteiger partial charge on any atom is -0.406 e. The minimum atomic E-state index is -4.77. The molecule has 7 nitrogen and oxygen atoms in total. The quantitative estimate of drug-likeness (QED) is 0.427. The van der Waals surface area contributed by atoms with Crippen LogP contribution >= 0.6 is 11.6 Å². The largest absolute Gasteiger partial charge is 0.573 e. The topological polar surface area (TPSA) is 82.0 Å². The number of hydrazine groups is 2. The average Bonchev–Trinajstić information content (AvgIpc) is 3.28. The van der Waals surface area contributed by atoms with E-state index in [2.05, 4.69) is 25.9 Å². The SMILES string of the molecule is OC(Cc1ccc(Cl)cc1F)(CN1C=NNN1)c1ccc(-c2ccc(OC(F)(F)F)cc2)cn1. The summed E-state index contributed by atoms with van der Waals surface area (Å²) in [4.78, 5) is 4.37. The Morgan fingerprint density at radius 3 is 2.35 bits per heavy atom. The van der Waals surface area contributed by atoms with Gasteiger partial charge in [-0.2, -0.15) is 5.10 Å². The van der Waals surface area contributed by atoms with Gasteiger partial charge in [-0.3, -0.25) is 9.99 Å². The lowest BCUT2D eigenvalue weighted by Crippen LogP contribution is -2.48. The summed E-state index contributed by atoms with van der Waals surface area (Å²) < 4.78 is 55.4. The Labute approximate surface area is 196 Å². The Morgan fingerprint density at radius 2 is 1.76 bits per heavy atom. The number of nitrogens with zero attached hydrogens (tertiary/aromatic N) is 3. The molecule has 1 unspecified atom stereocenters. The fourth-order valence-electron chi connectivity index (χ4n) is 3.48. The van der Waals surface area contributed by atoms with Gasteiger partial charge in [0.2, 0.25) is 0 Å². The summed E-state index contributed by atoms with van der Waals surface area (Å²) in [5.41, 5.74) is 5.29. The average molecular weight is 496 g/mol. The number of halogens is 5. The lowest BCUT2D eigenvalue weighted by atomic mass is 9.89. The zero-order valence-electron chi connectivity index (χ0n) is 17.4. The van der Waals surface area contributed by atoms with Crippen LogP contribution in [0.5, 0.6) is 5.75 Å². The summed E-state index contributed by atoms with van der Waals surface area (Å²) in [6.07, 6.45) is -2.00. The summed E-state index contributed by atoms with van der Waals surface area (Å²) in [5.74, 6) is -0.904. The van der Waals surface area contributed by atoms with Gasteiger partial charge in [0.25, 0.3) is 0 Å². The lowest BCUT2D eigenvalue weighted by Gasteiger charge is -2.31. The Morgan fingerprint density at radius 1 is 1.03 bits per heavy atom. The van der Waals surface area contributed by atoms with E-state index < -0.39 is 17.8 Å². The number of aliphatic hydroxyl groups is 1. The molecule has 0 spiro atoms. The van der Waals surface area contributed by atoms with E-state index in [0.29, 0.717) is 11.1 Å². The van der Waals surface area contributed by atoms with E-state index in [9.17, 15) is 22.7 Å². The van der Waals surface area contributed by atoms with Crippen molar-refractivity contribution in [1.29, 1.82) is 0 Å². The molecule has 12 heteroatoms. The number of alkyl halides is 3. The minimum absolute atomic E-state index is 0.0264. The maximum Gasteiger partial charge on any atom is 0.573 e. The fraction of sp³-hybridized carbons (Fsp3) is 0.182. The molecule has 0 saturated heterocycles. The monoisotopic (exact) mass is 495 g/mol. The van der Waals surface area contributed by atoms with Gasteiger partial charge in [-0.05, 0) is 41.5 Å². The fourth-order valence-corrected chi connectivity index (χ4v) is 3.64. The van der Waals surface area contributed by atoms with Gasteiger partial charge in [0.1, 0.15) is 23.5 Å². The molecule has 2 heterocycles. The van der Waals surface area contributed by atoms with E-state index in [4.69, 9.17) is 11.6 Å². The molecule has 0 bridgehead atoms. The number of β-amino-alcohol motifs (C(OH)–C–C–N with tert-alkyl or cyclic N) is 1. The zero-order valence-corrected chi connectivity index (χ0v) is 18.1. The summed E-state index contributed by atoms with van der Waals surface area (Å²) in [6.45, 7) is -0.0264. The molecule has 2 aromatic carbocycles. The van der Waals surface area contributed by atoms with Crippen LogP contribution in [0.4, 0.5) is 17.6 Å². The third kappa shape index (κ3) is 5.74. The predicted octanol–water partition coefficient (Wildman–Crippen LogP) is 4.14. The van der Waals surface area contributed by atoms with Crippen LogP contribution in [0, 0.1) is 5.82 Å². The van der Waals surface area contributed by atoms with Crippen molar-refractivity contribution in [3.8, 4) is 16.9 Å². The Kier molecular flexibility index (Phi) is 6.60. The molecule has 3 aromatic rings. The van der Waals surface area contributed by atoms with Crippen molar-refractivity contribution in [3.05, 3.63) is 82.9 Å². The number of rotatable bonds is 7. The highest BCUT2D eigenvalue weighted by Gasteiger charge is 2.35. The number of hydrazone groups is 1. The van der Waals surface area contributed by atoms with Gasteiger partial charge in [0.05, 0.1) is 12.2 Å². The molecule has 0 saturated carbocycles. The first-order chi connectivity index (χ1) is 16.1. The van der Waals surface area contributed by atoms with Crippen LogP contribution in [0.1, 0.15) is 11.3 Å². The molecule has 34 heavy (non-hydrogen) atoms. The molecule has 1 aliphatic heterocycles. The van der Waals surface area contributed by atoms with Gasteiger partial charge in [0, 0.05) is 23.2 Å². The highest BCUT2D eigenvalue weighted by molar-refractivity contribution is 6.30. The Bertz CT molecular complexity index is 1180. The van der Waals surface area contributed by atoms with Crippen molar-refractivity contribution in [1.82, 2.24) is 21.1 Å². The van der Waals surface area contributed by atoms with E-state index in [1.165, 1.54) is 53.9 Å². The maximum absolute atomic E-state index is 14.5. The number of hydrogen-bond donors (Lipinski definition) is 3. The lowest BCUT2D eigenvalue weighted by molar-refractivity contribution is -0.274. The second-order valence-corrected chi connectivity index (χ2v) is 7.98. The van der Waals surface area contributed by atoms with Crippen molar-refractivity contribution in [2.24, 2.45) is 5.10 Å². The van der Waals surface area contributed by atoms with Crippen molar-refractivity contribution < 1.29 is 27.4 Å². The first kappa shape index (κ1) is 23.7. The molecular formula is C22H18ClF4N5O2. The van der Waals surface area contributed by atoms with Gasteiger partial charge in [0.15, 0.2) is 0 Å². The van der Waals surface area contributed by atoms with Crippen molar-refractivity contribution in [3.63, 3.8) is 0 Å². The van der Waals surface area contributed by atoms with Crippen LogP contribution in [0.2, 0.25) is 5.02 Å². The van der Waals surface area contributed by atoms with E-state index in [0.717, 1.165) is 6.07 Å². The molecule has 4 rings (SSSR count). The Hall–Kier alpha value is -3.41. The molecule has 178 valence electrons. The highest BCUT2D eigenvalue weighted by Crippen LogP contribution is 2.30. The van der Waals surface area contributed by atoms with Crippen LogP contribution in [0.3, 0.4) is 0 Å². The standard InChI is InChI=1S/C22H18ClF4N5O2/c23-17-5-1-15(19(24)9-17)10-21(33,12-32-13-29-30-31-32)20-8-4-16(11-28-20)14-2-6-18(7-3-14)34-22(25,26)27/h1-9,11,13,30-31,33H,10,12H2. The molecule has 3 N–H and O–H groups in total. The van der Waals surface area contributed by atoms with Crippen molar-refractivity contribution in [2.75, 3.05) is 6.54 Å². The van der Waals surface area contributed by atoms with Crippen LogP contribution in [0.15, 0.2) is 65.9 Å². The van der Waals surface area contributed by atoms with E-state index in [-0.39, 0.29) is 35.0 Å². The number of ether oxygens (including phenoxy) is 1. The van der Waals surface area contributed by atoms with E-state index >= 15 is 0 Å². The van der Waals surface area contributed by atoms with Gasteiger partial charge in [-0.1, -0.05) is 35.9 Å². The van der Waals surface area contributed by atoms with Gasteiger partial charge >= 0.3 is 6.36 Å². The number of benzene rings is 2. The van der Waals surface area contributed by atoms with E-state index in [1.807, 2.05) is 0 Å². The maximum atomic E-state index is 14.5. The van der Waals surface area contributed by atoms with Gasteiger partial charge < -0.3 is 9.84 Å². The number of pyridine rings is 1. The third-order valence-corrected chi connectivity index (χ3v) is 5.28. The highest BCUT2D eigenvalue weighted by atomic mass is 35.5. The van der Waals surface area contributed by atoms with E-state index in [1.54, 1.807) is 12.1 Å². The summed E-state index contributed by atoms with van der Waals surface area (Å²) >= 11 is 5.84. The zero-order chi connectivity index (χ0) is 24.3. The number of hydrogen-bond acceptors (Lipinski definition) is 7. The number of aromatic nitrogens is 1. The van der Waals surface area contributed by atoms with Gasteiger partial charge in [-0.25, -0.2) is 9.93 Å². The summed E-state index contributed by atoms with van der Waals surface area (Å²) in [5, 5.41) is 17.0. The second kappa shape index (κ2) is 9.45. The van der Waals surface area contributed by atoms with Crippen LogP contribution in [-0.2, 0) is 12.0 Å². The first-order valence-corrected chi connectivity index (χ1v) is 10.3. The Balaban J connectivity index is 1.59. The molecule has 0 aliphatic carbocycles.